The Hall–Kier alpha value is -1.60. The molecule has 2 rings (SSSR count). The lowest BCUT2D eigenvalue weighted by atomic mass is 10.4. The van der Waals surface area contributed by atoms with Crippen LogP contribution in [-0.2, 0) is 10.1 Å². The zero-order valence-electron chi connectivity index (χ0n) is 10.4. The highest BCUT2D eigenvalue weighted by molar-refractivity contribution is 7.98. The van der Waals surface area contributed by atoms with Gasteiger partial charge in [0.2, 0.25) is 5.88 Å². The Labute approximate surface area is 116 Å². The highest BCUT2D eigenvalue weighted by Crippen LogP contribution is 2.19. The molecule has 19 heavy (non-hydrogen) atoms. The van der Waals surface area contributed by atoms with E-state index in [4.69, 9.17) is 4.18 Å². The fraction of sp³-hybridized carbons (Fsp3) is 0.167. The minimum absolute atomic E-state index is 0.0284. The second kappa shape index (κ2) is 5.58. The van der Waals surface area contributed by atoms with Crippen molar-refractivity contribution in [1.29, 1.82) is 0 Å². The molecule has 0 aliphatic rings. The van der Waals surface area contributed by atoms with E-state index in [0.29, 0.717) is 10.9 Å². The van der Waals surface area contributed by atoms with E-state index in [1.165, 1.54) is 30.0 Å². The lowest BCUT2D eigenvalue weighted by Gasteiger charge is -2.07. The van der Waals surface area contributed by atoms with Crippen LogP contribution in [0.4, 0.5) is 0 Å². The van der Waals surface area contributed by atoms with Gasteiger partial charge in [-0.3, -0.25) is 0 Å². The maximum atomic E-state index is 12.0. The molecule has 1 aromatic carbocycles. The first kappa shape index (κ1) is 13.8. The van der Waals surface area contributed by atoms with E-state index in [1.807, 2.05) is 6.26 Å². The van der Waals surface area contributed by atoms with Gasteiger partial charge in [0.15, 0.2) is 5.16 Å². The van der Waals surface area contributed by atoms with E-state index in [9.17, 15) is 8.42 Å². The molecule has 5 nitrogen and oxygen atoms in total. The van der Waals surface area contributed by atoms with Gasteiger partial charge >= 0.3 is 10.1 Å². The van der Waals surface area contributed by atoms with Gasteiger partial charge in [-0.1, -0.05) is 30.0 Å². The molecule has 0 saturated carbocycles. The molecule has 0 fully saturated rings. The van der Waals surface area contributed by atoms with Gasteiger partial charge in [0.25, 0.3) is 0 Å². The quantitative estimate of drug-likeness (QED) is 0.490. The number of nitrogens with zero attached hydrogens (tertiary/aromatic N) is 2. The summed E-state index contributed by atoms with van der Waals surface area (Å²) in [6.07, 6.45) is 1.81. The molecule has 0 bridgehead atoms. The Balaban J connectivity index is 2.33. The van der Waals surface area contributed by atoms with Crippen molar-refractivity contribution < 1.29 is 12.6 Å². The highest BCUT2D eigenvalue weighted by Gasteiger charge is 2.17. The molecule has 0 spiro atoms. The summed E-state index contributed by atoms with van der Waals surface area (Å²) in [6.45, 7) is 1.75. The molecular weight excluding hydrogens is 284 g/mol. The summed E-state index contributed by atoms with van der Waals surface area (Å²) in [5.41, 5.74) is 0.651. The summed E-state index contributed by atoms with van der Waals surface area (Å²) >= 11 is 1.32. The molecule has 7 heteroatoms. The van der Waals surface area contributed by atoms with E-state index in [-0.39, 0.29) is 10.8 Å². The van der Waals surface area contributed by atoms with Crippen molar-refractivity contribution in [1.82, 2.24) is 9.97 Å². The molecular formula is C12H12N2O3S2. The summed E-state index contributed by atoms with van der Waals surface area (Å²) in [7, 11) is -3.85. The summed E-state index contributed by atoms with van der Waals surface area (Å²) in [5, 5.41) is 0.471. The maximum absolute atomic E-state index is 12.0. The van der Waals surface area contributed by atoms with Crippen LogP contribution < -0.4 is 4.18 Å². The first-order valence-electron chi connectivity index (χ1n) is 5.40. The normalized spacial score (nSPS) is 11.3. The minimum Gasteiger partial charge on any atom is -0.358 e. The third-order valence-corrected chi connectivity index (χ3v) is 4.01. The SMILES string of the molecule is CSc1nc(C)cc(OS(=O)(=O)c2ccccc2)n1. The van der Waals surface area contributed by atoms with Crippen LogP contribution in [0.15, 0.2) is 46.5 Å². The summed E-state index contributed by atoms with van der Waals surface area (Å²) in [4.78, 5) is 8.24. The first-order chi connectivity index (χ1) is 9.01. The van der Waals surface area contributed by atoms with E-state index in [1.54, 1.807) is 25.1 Å². The van der Waals surface area contributed by atoms with Crippen molar-refractivity contribution in [2.75, 3.05) is 6.26 Å². The van der Waals surface area contributed by atoms with Crippen molar-refractivity contribution in [2.24, 2.45) is 0 Å². The Kier molecular flexibility index (Phi) is 4.06. The van der Waals surface area contributed by atoms with Gasteiger partial charge in [0.1, 0.15) is 4.90 Å². The largest absolute Gasteiger partial charge is 0.358 e. The predicted molar refractivity (Wildman–Crippen MR) is 72.8 cm³/mol. The van der Waals surface area contributed by atoms with Crippen molar-refractivity contribution in [3.05, 3.63) is 42.1 Å². The van der Waals surface area contributed by atoms with Crippen LogP contribution in [-0.4, -0.2) is 24.6 Å². The number of aromatic nitrogens is 2. The third-order valence-electron chi connectivity index (χ3n) is 2.22. The van der Waals surface area contributed by atoms with Crippen molar-refractivity contribution in [3.63, 3.8) is 0 Å². The van der Waals surface area contributed by atoms with Gasteiger partial charge in [-0.05, 0) is 25.3 Å². The molecule has 0 saturated heterocycles. The molecule has 0 unspecified atom stereocenters. The highest BCUT2D eigenvalue weighted by atomic mass is 32.2. The summed E-state index contributed by atoms with van der Waals surface area (Å²) < 4.78 is 29.1. The third kappa shape index (κ3) is 3.45. The molecule has 100 valence electrons. The first-order valence-corrected chi connectivity index (χ1v) is 8.04. The van der Waals surface area contributed by atoms with Gasteiger partial charge in [-0.15, -0.1) is 0 Å². The van der Waals surface area contributed by atoms with Crippen LogP contribution in [0.2, 0.25) is 0 Å². The second-order valence-corrected chi connectivity index (χ2v) is 6.00. The zero-order valence-corrected chi connectivity index (χ0v) is 12.0. The number of benzene rings is 1. The zero-order chi connectivity index (χ0) is 13.9. The number of aryl methyl sites for hydroxylation is 1. The van der Waals surface area contributed by atoms with Crippen molar-refractivity contribution in [2.45, 2.75) is 17.0 Å². The molecule has 0 aliphatic heterocycles. The molecule has 1 heterocycles. The van der Waals surface area contributed by atoms with Gasteiger partial charge in [-0.2, -0.15) is 13.4 Å². The molecule has 0 aliphatic carbocycles. The summed E-state index contributed by atoms with van der Waals surface area (Å²) in [6, 6.07) is 9.43. The molecule has 0 atom stereocenters. The lowest BCUT2D eigenvalue weighted by Crippen LogP contribution is -2.11. The van der Waals surface area contributed by atoms with E-state index in [0.717, 1.165) is 0 Å². The maximum Gasteiger partial charge on any atom is 0.340 e. The second-order valence-electron chi connectivity index (χ2n) is 3.68. The summed E-state index contributed by atoms with van der Waals surface area (Å²) in [5.74, 6) is 0.0284. The predicted octanol–water partition coefficient (Wildman–Crippen LogP) is 2.27. The van der Waals surface area contributed by atoms with E-state index >= 15 is 0 Å². The Bertz CT molecular complexity index is 673. The Morgan fingerprint density at radius 1 is 1.16 bits per heavy atom. The monoisotopic (exact) mass is 296 g/mol. The van der Waals surface area contributed by atoms with Crippen LogP contribution in [0.25, 0.3) is 0 Å². The van der Waals surface area contributed by atoms with E-state index in [2.05, 4.69) is 9.97 Å². The fourth-order valence-corrected chi connectivity index (χ4v) is 2.71. The number of thioether (sulfide) groups is 1. The molecule has 2 aromatic rings. The fourth-order valence-electron chi connectivity index (χ4n) is 1.40. The smallest absolute Gasteiger partial charge is 0.340 e. The van der Waals surface area contributed by atoms with Crippen LogP contribution >= 0.6 is 11.8 Å². The molecule has 0 N–H and O–H groups in total. The Morgan fingerprint density at radius 3 is 2.47 bits per heavy atom. The van der Waals surface area contributed by atoms with Crippen LogP contribution in [0.3, 0.4) is 0 Å². The van der Waals surface area contributed by atoms with Crippen LogP contribution in [0.5, 0.6) is 5.88 Å². The minimum atomic E-state index is -3.85. The standard InChI is InChI=1S/C12H12N2O3S2/c1-9-8-11(14-12(13-9)18-2)17-19(15,16)10-6-4-3-5-7-10/h3-8H,1-2H3. The van der Waals surface area contributed by atoms with Gasteiger partial charge in [-0.25, -0.2) is 4.98 Å². The van der Waals surface area contributed by atoms with Gasteiger partial charge < -0.3 is 4.18 Å². The number of hydrogen-bond acceptors (Lipinski definition) is 6. The molecule has 0 radical (unpaired) electrons. The van der Waals surface area contributed by atoms with Crippen LogP contribution in [0, 0.1) is 6.92 Å². The molecule has 0 amide bonds. The molecule has 1 aromatic heterocycles. The average molecular weight is 296 g/mol. The Morgan fingerprint density at radius 2 is 1.84 bits per heavy atom. The van der Waals surface area contributed by atoms with E-state index < -0.39 is 10.1 Å². The van der Waals surface area contributed by atoms with Crippen LogP contribution in [0.1, 0.15) is 5.69 Å². The topological polar surface area (TPSA) is 69.2 Å². The van der Waals surface area contributed by atoms with Gasteiger partial charge in [0.05, 0.1) is 0 Å². The number of rotatable bonds is 4. The lowest BCUT2D eigenvalue weighted by molar-refractivity contribution is 0.471. The van der Waals surface area contributed by atoms with Gasteiger partial charge in [0, 0.05) is 11.8 Å². The number of hydrogen-bond donors (Lipinski definition) is 0. The average Bonchev–Trinajstić information content (AvgIpc) is 2.38. The van der Waals surface area contributed by atoms with Crippen molar-refractivity contribution in [3.8, 4) is 5.88 Å². The van der Waals surface area contributed by atoms with Crippen molar-refractivity contribution >= 4 is 21.9 Å².